The zero-order chi connectivity index (χ0) is 30.7. The fourth-order valence-corrected chi connectivity index (χ4v) is 2.20. The van der Waals surface area contributed by atoms with E-state index >= 15 is 0 Å². The van der Waals surface area contributed by atoms with Gasteiger partial charge in [0.25, 0.3) is 0 Å². The second-order valence-electron chi connectivity index (χ2n) is 10.7. The molecular weight excluding hydrogens is 536 g/mol. The Bertz CT molecular complexity index is 639. The van der Waals surface area contributed by atoms with Crippen molar-refractivity contribution >= 4 is 20.1 Å². The van der Waals surface area contributed by atoms with Gasteiger partial charge < -0.3 is 23.4 Å². The Morgan fingerprint density at radius 3 is 1.47 bits per heavy atom. The summed E-state index contributed by atoms with van der Waals surface area (Å²) in [5, 5.41) is 0. The van der Waals surface area contributed by atoms with Crippen molar-refractivity contribution in [2.75, 3.05) is 67.3 Å². The van der Waals surface area contributed by atoms with Gasteiger partial charge in [-0.05, 0) is 47.0 Å². The summed E-state index contributed by atoms with van der Waals surface area (Å²) >= 11 is 0. The van der Waals surface area contributed by atoms with E-state index in [0.29, 0.717) is 33.0 Å². The monoisotopic (exact) mass is 588 g/mol. The Morgan fingerprint density at radius 2 is 1.11 bits per heavy atom. The number of halogens is 5. The average Bonchev–Trinajstić information content (AvgIpc) is 2.78. The van der Waals surface area contributed by atoms with Crippen LogP contribution in [0, 0.1) is 10.8 Å². The van der Waals surface area contributed by atoms with E-state index in [-0.39, 0.29) is 17.4 Å². The molecule has 38 heavy (non-hydrogen) atoms. The predicted molar refractivity (Wildman–Crippen MR) is 142 cm³/mol. The van der Waals surface area contributed by atoms with Crippen LogP contribution >= 0.6 is 8.16 Å². The van der Waals surface area contributed by atoms with Crippen molar-refractivity contribution < 1.29 is 54.0 Å². The van der Waals surface area contributed by atoms with E-state index in [4.69, 9.17) is 18.9 Å². The molecule has 0 bridgehead atoms. The molecule has 232 valence electrons. The fraction of sp³-hybridized carbons (Fsp3) is 0.920. The maximum atomic E-state index is 11.8. The number of hydrogen-bond donors (Lipinski definition) is 0. The van der Waals surface area contributed by atoms with Gasteiger partial charge in [-0.15, -0.1) is 0 Å². The molecule has 7 nitrogen and oxygen atoms in total. The SMILES string of the molecule is CCC(C)(C)C(=O)OCCOCCOC.CCCC[N+](C)(C)CCOC(=O)C(C)(C)CC.FP(F)(F)(F)F. The fourth-order valence-electron chi connectivity index (χ4n) is 2.20. The van der Waals surface area contributed by atoms with Crippen LogP contribution in [-0.2, 0) is 28.5 Å². The molecule has 0 rings (SSSR count). The molecule has 13 heteroatoms. The summed E-state index contributed by atoms with van der Waals surface area (Å²) < 4.78 is 70.5. The number of ether oxygens (including phenoxy) is 4. The van der Waals surface area contributed by atoms with Crippen molar-refractivity contribution in [2.45, 2.75) is 74.1 Å². The molecule has 0 amide bonds. The van der Waals surface area contributed by atoms with Crippen LogP contribution in [0.2, 0.25) is 0 Å². The second-order valence-corrected chi connectivity index (χ2v) is 12.0. The van der Waals surface area contributed by atoms with Gasteiger partial charge in [-0.1, -0.05) is 27.2 Å². The summed E-state index contributed by atoms with van der Waals surface area (Å²) in [4.78, 5) is 23.2. The second kappa shape index (κ2) is 19.1. The zero-order valence-electron chi connectivity index (χ0n) is 25.0. The van der Waals surface area contributed by atoms with E-state index in [2.05, 4.69) is 21.0 Å². The summed E-state index contributed by atoms with van der Waals surface area (Å²) in [6.07, 6.45) is 4.03. The first-order valence-electron chi connectivity index (χ1n) is 12.9. The molecule has 0 unspecified atom stereocenters. The van der Waals surface area contributed by atoms with Crippen LogP contribution in [-0.4, -0.2) is 83.8 Å². The Kier molecular flexibility index (Phi) is 20.8. The van der Waals surface area contributed by atoms with E-state index in [9.17, 15) is 30.6 Å². The van der Waals surface area contributed by atoms with Gasteiger partial charge in [0.2, 0.25) is 0 Å². The first kappa shape index (κ1) is 41.4. The normalized spacial score (nSPS) is 13.2. The Balaban J connectivity index is -0.000000534. The van der Waals surface area contributed by atoms with E-state index in [1.165, 1.54) is 12.8 Å². The molecule has 0 aliphatic carbocycles. The third kappa shape index (κ3) is 29.5. The van der Waals surface area contributed by atoms with Crippen LogP contribution in [0.25, 0.3) is 0 Å². The Morgan fingerprint density at radius 1 is 0.711 bits per heavy atom. The van der Waals surface area contributed by atoms with Crippen molar-refractivity contribution in [3.8, 4) is 0 Å². The van der Waals surface area contributed by atoms with Crippen molar-refractivity contribution in [1.82, 2.24) is 0 Å². The molecule has 0 saturated heterocycles. The molecule has 0 aliphatic heterocycles. The van der Waals surface area contributed by atoms with Crippen molar-refractivity contribution in [3.05, 3.63) is 0 Å². The molecule has 0 aliphatic rings. The summed E-state index contributed by atoms with van der Waals surface area (Å²) in [5.41, 5.74) is -0.743. The first-order valence-corrected chi connectivity index (χ1v) is 14.6. The van der Waals surface area contributed by atoms with Crippen molar-refractivity contribution in [1.29, 1.82) is 0 Å². The van der Waals surface area contributed by atoms with Crippen LogP contribution < -0.4 is 0 Å². The number of likely N-dealkylation sites (N-methyl/N-ethyl adjacent to an activating group) is 1. The molecule has 0 fully saturated rings. The van der Waals surface area contributed by atoms with Crippen molar-refractivity contribution in [3.63, 3.8) is 0 Å². The molecule has 0 aromatic heterocycles. The third-order valence-electron chi connectivity index (χ3n) is 5.81. The standard InChI is InChI=1S/C14H30NO2.C11H22O4.F5P/c1-7-9-10-15(5,6)11-12-17-13(16)14(3,4)8-2;1-5-11(2,3)10(12)15-9-8-14-7-6-13-4;1-6(2,3,4)5/h7-12H2,1-6H3;5-9H2,1-4H3;/q+1;;. The molecule has 0 saturated carbocycles. The number of carbonyl (C=O) groups excluding carboxylic acids is 2. The Labute approximate surface area is 226 Å². The van der Waals surface area contributed by atoms with Gasteiger partial charge in [0.15, 0.2) is 0 Å². The van der Waals surface area contributed by atoms with Gasteiger partial charge in [-0.25, -0.2) is 0 Å². The molecule has 0 radical (unpaired) electrons. The number of quaternary nitrogens is 1. The van der Waals surface area contributed by atoms with Gasteiger partial charge >= 0.3 is 41.1 Å². The van der Waals surface area contributed by atoms with E-state index in [1.807, 2.05) is 41.5 Å². The van der Waals surface area contributed by atoms with Crippen LogP contribution in [0.5, 0.6) is 0 Å². The average molecular weight is 589 g/mol. The number of hydrogen-bond acceptors (Lipinski definition) is 6. The number of methoxy groups -OCH3 is 1. The molecule has 0 aromatic rings. The van der Waals surface area contributed by atoms with Crippen molar-refractivity contribution in [2.24, 2.45) is 10.8 Å². The van der Waals surface area contributed by atoms with Gasteiger partial charge in [-0.2, -0.15) is 0 Å². The first-order chi connectivity index (χ1) is 17.0. The van der Waals surface area contributed by atoms with Crippen LogP contribution in [0.15, 0.2) is 0 Å². The van der Waals surface area contributed by atoms with Gasteiger partial charge in [0, 0.05) is 7.11 Å². The number of nitrogens with zero attached hydrogens (tertiary/aromatic N) is 1. The minimum absolute atomic E-state index is 0.0736. The van der Waals surface area contributed by atoms with E-state index < -0.39 is 13.6 Å². The number of esters is 2. The van der Waals surface area contributed by atoms with Crippen LogP contribution in [0.4, 0.5) is 21.0 Å². The van der Waals surface area contributed by atoms with Crippen LogP contribution in [0.3, 0.4) is 0 Å². The maximum absolute atomic E-state index is 11.8. The third-order valence-corrected chi connectivity index (χ3v) is 5.81. The topological polar surface area (TPSA) is 71.1 Å². The summed E-state index contributed by atoms with van der Waals surface area (Å²) in [6, 6.07) is 0. The van der Waals surface area contributed by atoms with Gasteiger partial charge in [0.1, 0.15) is 19.8 Å². The number of unbranched alkanes of at least 4 members (excludes halogenated alkanes) is 1. The molecule has 0 atom stereocenters. The van der Waals surface area contributed by atoms with Gasteiger partial charge in [-0.3, -0.25) is 9.59 Å². The molecule has 0 N–H and O–H groups in total. The number of carbonyl (C=O) groups is 2. The molecule has 0 aromatic carbocycles. The van der Waals surface area contributed by atoms with E-state index in [1.54, 1.807) is 7.11 Å². The zero-order valence-corrected chi connectivity index (χ0v) is 25.9. The molecule has 0 spiro atoms. The number of rotatable bonds is 16. The summed E-state index contributed by atoms with van der Waals surface area (Å²) in [6.45, 7) is 18.2. The van der Waals surface area contributed by atoms with E-state index in [0.717, 1.165) is 30.4 Å². The predicted octanol–water partition coefficient (Wildman–Crippen LogP) is 7.43. The Hall–Kier alpha value is -1.10. The minimum atomic E-state index is -8.55. The summed E-state index contributed by atoms with van der Waals surface area (Å²) in [7, 11) is -2.55. The molecule has 0 heterocycles. The summed E-state index contributed by atoms with van der Waals surface area (Å²) in [5.74, 6) is -0.240. The van der Waals surface area contributed by atoms with Crippen LogP contribution in [0.1, 0.15) is 74.1 Å². The molecular formula is C25H52F5NO6P+. The van der Waals surface area contributed by atoms with Gasteiger partial charge in [0.05, 0.1) is 51.3 Å². The quantitative estimate of drug-likeness (QED) is 0.0614.